The van der Waals surface area contributed by atoms with Crippen molar-refractivity contribution in [3.8, 4) is 0 Å². The molecule has 4 rings (SSSR count). The molecule has 8 nitrogen and oxygen atoms in total. The highest BCUT2D eigenvalue weighted by Crippen LogP contribution is 2.29. The normalized spacial score (nSPS) is 13.5. The predicted octanol–water partition coefficient (Wildman–Crippen LogP) is 1.88. The number of carbonyl (C=O) groups is 2. The van der Waals surface area contributed by atoms with E-state index in [-0.39, 0.29) is 11.8 Å². The van der Waals surface area contributed by atoms with E-state index in [4.69, 9.17) is 0 Å². The van der Waals surface area contributed by atoms with Crippen LogP contribution in [0.3, 0.4) is 0 Å². The van der Waals surface area contributed by atoms with E-state index in [0.717, 1.165) is 34.4 Å². The number of anilines is 2. The third kappa shape index (κ3) is 3.11. The van der Waals surface area contributed by atoms with Crippen LogP contribution >= 0.6 is 11.3 Å². The maximum atomic E-state index is 12.5. The summed E-state index contributed by atoms with van der Waals surface area (Å²) >= 11 is 1.35. The van der Waals surface area contributed by atoms with E-state index < -0.39 is 0 Å². The fraction of sp³-hybridized carbons (Fsp3) is 0.250. The molecule has 0 spiro atoms. The Hall–Kier alpha value is -2.78. The zero-order valence-corrected chi connectivity index (χ0v) is 14.3. The lowest BCUT2D eigenvalue weighted by Gasteiger charge is -2.12. The zero-order valence-electron chi connectivity index (χ0n) is 13.5. The fourth-order valence-electron chi connectivity index (χ4n) is 2.83. The molecular weight excluding hydrogens is 340 g/mol. The van der Waals surface area contributed by atoms with Crippen molar-refractivity contribution >= 4 is 44.2 Å². The lowest BCUT2D eigenvalue weighted by molar-refractivity contribution is -0.114. The van der Waals surface area contributed by atoms with Crippen LogP contribution in [0.2, 0.25) is 0 Å². The first kappa shape index (κ1) is 15.7. The number of nitrogens with zero attached hydrogens (tertiary/aromatic N) is 2. The van der Waals surface area contributed by atoms with Gasteiger partial charge in [0.2, 0.25) is 5.91 Å². The lowest BCUT2D eigenvalue weighted by Crippen LogP contribution is -2.25. The highest BCUT2D eigenvalue weighted by atomic mass is 32.1. The molecule has 4 N–H and O–H groups in total. The van der Waals surface area contributed by atoms with Gasteiger partial charge >= 0.3 is 0 Å². The summed E-state index contributed by atoms with van der Waals surface area (Å²) in [5, 5.41) is 16.4. The summed E-state index contributed by atoms with van der Waals surface area (Å²) in [6.45, 7) is 2.97. The van der Waals surface area contributed by atoms with Crippen molar-refractivity contribution in [1.29, 1.82) is 0 Å². The molecule has 9 heteroatoms. The lowest BCUT2D eigenvalue weighted by atomic mass is 10.1. The Morgan fingerprint density at radius 3 is 3.00 bits per heavy atom. The van der Waals surface area contributed by atoms with Crippen LogP contribution in [0.5, 0.6) is 0 Å². The van der Waals surface area contributed by atoms with Gasteiger partial charge in [0.1, 0.15) is 0 Å². The van der Waals surface area contributed by atoms with Crippen LogP contribution < -0.4 is 16.0 Å². The van der Waals surface area contributed by atoms with Gasteiger partial charge in [0.25, 0.3) is 5.91 Å². The van der Waals surface area contributed by atoms with Gasteiger partial charge in [-0.2, -0.15) is 5.10 Å². The average molecular weight is 356 g/mol. The zero-order chi connectivity index (χ0) is 17.4. The maximum absolute atomic E-state index is 12.5. The topological polar surface area (TPSA) is 112 Å². The number of aromatic amines is 1. The molecule has 0 saturated carbocycles. The number of H-pyrrole nitrogens is 1. The molecule has 2 aromatic heterocycles. The van der Waals surface area contributed by atoms with Crippen molar-refractivity contribution < 1.29 is 9.59 Å². The molecule has 25 heavy (non-hydrogen) atoms. The highest BCUT2D eigenvalue weighted by Gasteiger charge is 2.22. The van der Waals surface area contributed by atoms with Crippen molar-refractivity contribution in [3.05, 3.63) is 35.2 Å². The maximum Gasteiger partial charge on any atom is 0.278 e. The highest BCUT2D eigenvalue weighted by molar-refractivity contribution is 7.22. The second-order valence-electron chi connectivity index (χ2n) is 5.79. The van der Waals surface area contributed by atoms with Crippen LogP contribution in [0.4, 0.5) is 10.8 Å². The summed E-state index contributed by atoms with van der Waals surface area (Å²) in [5.74, 6) is -0.406. The van der Waals surface area contributed by atoms with Crippen LogP contribution in [-0.4, -0.2) is 33.5 Å². The molecule has 1 aromatic carbocycles. The van der Waals surface area contributed by atoms with Crippen molar-refractivity contribution in [2.45, 2.75) is 19.9 Å². The number of rotatable bonds is 3. The number of hydrogen-bond donors (Lipinski definition) is 4. The van der Waals surface area contributed by atoms with E-state index >= 15 is 0 Å². The summed E-state index contributed by atoms with van der Waals surface area (Å²) in [7, 11) is 0. The number of thiazole rings is 1. The molecule has 0 unspecified atom stereocenters. The smallest absolute Gasteiger partial charge is 0.278 e. The first-order chi connectivity index (χ1) is 12.1. The molecule has 0 fully saturated rings. The Morgan fingerprint density at radius 2 is 2.16 bits per heavy atom. The minimum Gasteiger partial charge on any atom is -0.326 e. The molecule has 0 bridgehead atoms. The first-order valence-electron chi connectivity index (χ1n) is 7.86. The van der Waals surface area contributed by atoms with E-state index in [1.165, 1.54) is 18.3 Å². The van der Waals surface area contributed by atoms with Gasteiger partial charge in [-0.05, 0) is 18.2 Å². The molecular formula is C16H16N6O2S. The number of fused-ring (bicyclic) bond motifs is 2. The van der Waals surface area contributed by atoms with Gasteiger partial charge in [-0.15, -0.1) is 0 Å². The van der Waals surface area contributed by atoms with E-state index in [0.29, 0.717) is 23.1 Å². The number of aromatic nitrogens is 3. The Kier molecular flexibility index (Phi) is 3.94. The van der Waals surface area contributed by atoms with Crippen LogP contribution in [0.15, 0.2) is 18.2 Å². The van der Waals surface area contributed by atoms with Gasteiger partial charge in [0.15, 0.2) is 10.8 Å². The second-order valence-corrected chi connectivity index (χ2v) is 6.82. The number of carbonyl (C=O) groups excluding carboxylic acids is 2. The van der Waals surface area contributed by atoms with Crippen LogP contribution in [-0.2, 0) is 17.8 Å². The van der Waals surface area contributed by atoms with E-state index in [2.05, 4.69) is 31.1 Å². The minimum atomic E-state index is -0.276. The van der Waals surface area contributed by atoms with Gasteiger partial charge in [-0.3, -0.25) is 20.0 Å². The second kappa shape index (κ2) is 6.26. The van der Waals surface area contributed by atoms with E-state index in [9.17, 15) is 9.59 Å². The molecule has 2 amide bonds. The molecule has 1 aliphatic rings. The van der Waals surface area contributed by atoms with Gasteiger partial charge < -0.3 is 10.6 Å². The Balaban J connectivity index is 1.57. The standard InChI is InChI=1S/C16H16N6O2S/c1-8(23)18-9-2-3-12-13(6-9)25-16(19-12)20-15(24)14-10-7-17-5-4-11(10)21-22-14/h2-3,6,17H,4-5,7H2,1H3,(H,18,23)(H,21,22)(H,19,20,24). The Labute approximate surface area is 147 Å². The van der Waals surface area contributed by atoms with Gasteiger partial charge in [0, 0.05) is 43.4 Å². The molecule has 1 aliphatic heterocycles. The number of benzene rings is 1. The largest absolute Gasteiger partial charge is 0.326 e. The summed E-state index contributed by atoms with van der Waals surface area (Å²) in [5.41, 5.74) is 3.79. The molecule has 0 saturated heterocycles. The third-order valence-corrected chi connectivity index (χ3v) is 4.88. The minimum absolute atomic E-state index is 0.130. The average Bonchev–Trinajstić information content (AvgIpc) is 3.17. The third-order valence-electron chi connectivity index (χ3n) is 3.95. The Bertz CT molecular complexity index is 976. The summed E-state index contributed by atoms with van der Waals surface area (Å²) in [6.07, 6.45) is 0.836. The van der Waals surface area contributed by atoms with Crippen molar-refractivity contribution in [3.63, 3.8) is 0 Å². The molecule has 0 atom stereocenters. The SMILES string of the molecule is CC(=O)Nc1ccc2nc(NC(=O)c3n[nH]c4c3CNCC4)sc2c1. The fourth-order valence-corrected chi connectivity index (χ4v) is 3.73. The number of nitrogens with one attached hydrogen (secondary N) is 4. The van der Waals surface area contributed by atoms with Gasteiger partial charge in [-0.25, -0.2) is 4.98 Å². The molecule has 0 aliphatic carbocycles. The van der Waals surface area contributed by atoms with Crippen LogP contribution in [0, 0.1) is 0 Å². The quantitative estimate of drug-likeness (QED) is 0.572. The molecule has 3 aromatic rings. The van der Waals surface area contributed by atoms with Gasteiger partial charge in [-0.1, -0.05) is 11.3 Å². The summed E-state index contributed by atoms with van der Waals surface area (Å²) in [6, 6.07) is 5.43. The molecule has 0 radical (unpaired) electrons. The Morgan fingerprint density at radius 1 is 1.28 bits per heavy atom. The van der Waals surface area contributed by atoms with Crippen molar-refractivity contribution in [1.82, 2.24) is 20.5 Å². The number of amides is 2. The summed E-state index contributed by atoms with van der Waals surface area (Å²) in [4.78, 5) is 28.1. The van der Waals surface area contributed by atoms with Crippen molar-refractivity contribution in [2.75, 3.05) is 17.2 Å². The predicted molar refractivity (Wildman–Crippen MR) is 95.9 cm³/mol. The molecule has 128 valence electrons. The van der Waals surface area contributed by atoms with Crippen LogP contribution in [0.25, 0.3) is 10.2 Å². The summed E-state index contributed by atoms with van der Waals surface area (Å²) < 4.78 is 0.882. The van der Waals surface area contributed by atoms with Crippen molar-refractivity contribution in [2.24, 2.45) is 0 Å². The van der Waals surface area contributed by atoms with E-state index in [1.54, 1.807) is 6.07 Å². The first-order valence-corrected chi connectivity index (χ1v) is 8.68. The van der Waals surface area contributed by atoms with Gasteiger partial charge in [0.05, 0.1) is 10.2 Å². The molecule has 3 heterocycles. The van der Waals surface area contributed by atoms with Crippen LogP contribution in [0.1, 0.15) is 28.7 Å². The monoisotopic (exact) mass is 356 g/mol. The number of hydrogen-bond acceptors (Lipinski definition) is 6. The van der Waals surface area contributed by atoms with E-state index in [1.807, 2.05) is 12.1 Å².